The molecule has 0 heterocycles. The highest BCUT2D eigenvalue weighted by atomic mass is 127. The highest BCUT2D eigenvalue weighted by Gasteiger charge is 2.12. The van der Waals surface area contributed by atoms with E-state index in [9.17, 15) is 8.42 Å². The number of ether oxygens (including phenoxy) is 2. The minimum Gasteiger partial charge on any atom is -0.382 e. The average Bonchev–Trinajstić information content (AvgIpc) is 2.63. The van der Waals surface area contributed by atoms with Gasteiger partial charge in [-0.2, -0.15) is 0 Å². The van der Waals surface area contributed by atoms with E-state index in [1.807, 2.05) is 6.92 Å². The lowest BCUT2D eigenvalue weighted by Gasteiger charge is -2.12. The van der Waals surface area contributed by atoms with Crippen molar-refractivity contribution in [2.45, 2.75) is 18.2 Å². The van der Waals surface area contributed by atoms with Gasteiger partial charge in [0.2, 0.25) is 10.0 Å². The van der Waals surface area contributed by atoms with E-state index in [0.29, 0.717) is 38.9 Å². The lowest BCUT2D eigenvalue weighted by atomic mass is 10.2. The van der Waals surface area contributed by atoms with Crippen LogP contribution in [-0.2, 0) is 19.5 Å². The number of rotatable bonds is 12. The largest absolute Gasteiger partial charge is 0.382 e. The first-order valence-corrected chi connectivity index (χ1v) is 10.1. The Balaban J connectivity index is 0.00000676. The van der Waals surface area contributed by atoms with Crippen LogP contribution < -0.4 is 15.4 Å². The Labute approximate surface area is 179 Å². The molecule has 0 aliphatic rings. The molecule has 0 aliphatic heterocycles. The van der Waals surface area contributed by atoms with E-state index in [2.05, 4.69) is 20.3 Å². The number of sulfonamides is 1. The Kier molecular flexibility index (Phi) is 14.5. The molecule has 0 bridgehead atoms. The minimum atomic E-state index is -3.49. The summed E-state index contributed by atoms with van der Waals surface area (Å²) in [5.74, 6) is 0.622. The monoisotopic (exact) mass is 514 g/mol. The van der Waals surface area contributed by atoms with Gasteiger partial charge in [0.05, 0.1) is 18.1 Å². The number of hydrogen-bond donors (Lipinski definition) is 3. The van der Waals surface area contributed by atoms with E-state index in [0.717, 1.165) is 12.0 Å². The van der Waals surface area contributed by atoms with Gasteiger partial charge >= 0.3 is 0 Å². The molecule has 1 aromatic carbocycles. The zero-order chi connectivity index (χ0) is 19.3. The fourth-order valence-corrected chi connectivity index (χ4v) is 3.04. The van der Waals surface area contributed by atoms with Crippen LogP contribution in [0.2, 0.25) is 0 Å². The van der Waals surface area contributed by atoms with E-state index < -0.39 is 10.0 Å². The third-order valence-corrected chi connectivity index (χ3v) is 4.93. The standard InChI is InChI=1S/C17H30N4O4S.HI/c1-15-5-7-16(8-6-15)26(22,23)21-11-10-20-17(18-2)19-9-4-12-25-14-13-24-3;/h5-8,21H,4,9-14H2,1-3H3,(H2,18,19,20);1H. The van der Waals surface area contributed by atoms with Gasteiger partial charge in [-0.25, -0.2) is 13.1 Å². The summed E-state index contributed by atoms with van der Waals surface area (Å²) in [6.45, 7) is 5.13. The van der Waals surface area contributed by atoms with Gasteiger partial charge in [0.15, 0.2) is 5.96 Å². The second-order valence-electron chi connectivity index (χ2n) is 5.60. The summed E-state index contributed by atoms with van der Waals surface area (Å²) < 4.78 is 37.2. The first-order chi connectivity index (χ1) is 12.5. The topological polar surface area (TPSA) is 101 Å². The molecule has 8 nitrogen and oxygen atoms in total. The molecule has 0 saturated carbocycles. The Hall–Kier alpha value is -0.950. The van der Waals surface area contributed by atoms with Gasteiger partial charge in [0, 0.05) is 40.4 Å². The van der Waals surface area contributed by atoms with Crippen molar-refractivity contribution >= 4 is 40.0 Å². The Morgan fingerprint density at radius 1 is 1.04 bits per heavy atom. The van der Waals surface area contributed by atoms with Crippen molar-refractivity contribution in [3.8, 4) is 0 Å². The summed E-state index contributed by atoms with van der Waals surface area (Å²) >= 11 is 0. The predicted molar refractivity (Wildman–Crippen MR) is 118 cm³/mol. The zero-order valence-electron chi connectivity index (χ0n) is 16.2. The summed E-state index contributed by atoms with van der Waals surface area (Å²) in [5, 5.41) is 6.21. The van der Waals surface area contributed by atoms with Crippen molar-refractivity contribution in [3.05, 3.63) is 29.8 Å². The summed E-state index contributed by atoms with van der Waals surface area (Å²) in [5.41, 5.74) is 1.02. The number of guanidine groups is 1. The van der Waals surface area contributed by atoms with Crippen LogP contribution in [0.1, 0.15) is 12.0 Å². The zero-order valence-corrected chi connectivity index (χ0v) is 19.3. The Morgan fingerprint density at radius 2 is 1.70 bits per heavy atom. The molecule has 0 amide bonds. The van der Waals surface area contributed by atoms with E-state index >= 15 is 0 Å². The lowest BCUT2D eigenvalue weighted by Crippen LogP contribution is -2.42. The second-order valence-corrected chi connectivity index (χ2v) is 7.36. The van der Waals surface area contributed by atoms with Gasteiger partial charge in [-0.05, 0) is 25.5 Å². The van der Waals surface area contributed by atoms with E-state index in [-0.39, 0.29) is 35.4 Å². The fraction of sp³-hybridized carbons (Fsp3) is 0.588. The van der Waals surface area contributed by atoms with Gasteiger partial charge in [-0.3, -0.25) is 4.99 Å². The van der Waals surface area contributed by atoms with Crippen LogP contribution in [0.5, 0.6) is 0 Å². The van der Waals surface area contributed by atoms with Gasteiger partial charge < -0.3 is 20.1 Å². The highest BCUT2D eigenvalue weighted by molar-refractivity contribution is 14.0. The molecule has 0 unspecified atom stereocenters. The molecule has 0 radical (unpaired) electrons. The van der Waals surface area contributed by atoms with Crippen LogP contribution >= 0.6 is 24.0 Å². The highest BCUT2D eigenvalue weighted by Crippen LogP contribution is 2.09. The predicted octanol–water partition coefficient (Wildman–Crippen LogP) is 1.11. The van der Waals surface area contributed by atoms with Crippen LogP contribution in [0.25, 0.3) is 0 Å². The first-order valence-electron chi connectivity index (χ1n) is 8.57. The molecule has 1 rings (SSSR count). The number of nitrogens with zero attached hydrogens (tertiary/aromatic N) is 1. The maximum atomic E-state index is 12.2. The van der Waals surface area contributed by atoms with Crippen LogP contribution in [-0.4, -0.2) is 68.0 Å². The molecular formula is C17H31IN4O4S. The van der Waals surface area contributed by atoms with Crippen molar-refractivity contribution < 1.29 is 17.9 Å². The molecule has 0 fully saturated rings. The van der Waals surface area contributed by atoms with Crippen molar-refractivity contribution in [1.29, 1.82) is 0 Å². The normalized spacial score (nSPS) is 11.7. The van der Waals surface area contributed by atoms with E-state index in [4.69, 9.17) is 9.47 Å². The Bertz CT molecular complexity index is 639. The molecule has 3 N–H and O–H groups in total. The number of hydrogen-bond acceptors (Lipinski definition) is 5. The fourth-order valence-electron chi connectivity index (χ4n) is 2.01. The number of halogens is 1. The summed E-state index contributed by atoms with van der Waals surface area (Å²) in [6, 6.07) is 6.75. The van der Waals surface area contributed by atoms with Crippen LogP contribution in [0.4, 0.5) is 0 Å². The number of methoxy groups -OCH3 is 1. The molecule has 0 aromatic heterocycles. The molecule has 27 heavy (non-hydrogen) atoms. The number of benzene rings is 1. The van der Waals surface area contributed by atoms with E-state index in [1.165, 1.54) is 0 Å². The molecule has 10 heteroatoms. The smallest absolute Gasteiger partial charge is 0.240 e. The molecule has 1 aromatic rings. The maximum absolute atomic E-state index is 12.2. The number of nitrogens with one attached hydrogen (secondary N) is 3. The minimum absolute atomic E-state index is 0. The van der Waals surface area contributed by atoms with Gasteiger partial charge in [-0.15, -0.1) is 24.0 Å². The summed E-state index contributed by atoms with van der Waals surface area (Å²) in [4.78, 5) is 4.36. The third kappa shape index (κ3) is 11.5. The average molecular weight is 514 g/mol. The summed E-state index contributed by atoms with van der Waals surface area (Å²) in [7, 11) is -0.183. The van der Waals surface area contributed by atoms with Crippen LogP contribution in [0, 0.1) is 6.92 Å². The van der Waals surface area contributed by atoms with Crippen molar-refractivity contribution in [1.82, 2.24) is 15.4 Å². The maximum Gasteiger partial charge on any atom is 0.240 e. The number of aliphatic imine (C=N–C) groups is 1. The van der Waals surface area contributed by atoms with Gasteiger partial charge in [0.1, 0.15) is 0 Å². The van der Waals surface area contributed by atoms with Gasteiger partial charge in [-0.1, -0.05) is 17.7 Å². The first kappa shape index (κ1) is 26.1. The molecule has 0 atom stereocenters. The molecule has 0 saturated heterocycles. The number of aryl methyl sites for hydroxylation is 1. The molecular weight excluding hydrogens is 483 g/mol. The quantitative estimate of drug-likeness (QED) is 0.167. The summed E-state index contributed by atoms with van der Waals surface area (Å²) in [6.07, 6.45) is 0.838. The van der Waals surface area contributed by atoms with Crippen molar-refractivity contribution in [3.63, 3.8) is 0 Å². The van der Waals surface area contributed by atoms with Crippen LogP contribution in [0.15, 0.2) is 34.2 Å². The Morgan fingerprint density at radius 3 is 2.33 bits per heavy atom. The van der Waals surface area contributed by atoms with Gasteiger partial charge in [0.25, 0.3) is 0 Å². The lowest BCUT2D eigenvalue weighted by molar-refractivity contribution is 0.0698. The van der Waals surface area contributed by atoms with Crippen molar-refractivity contribution in [2.24, 2.45) is 4.99 Å². The molecule has 0 aliphatic carbocycles. The SMILES string of the molecule is CN=C(NCCCOCCOC)NCCNS(=O)(=O)c1ccc(C)cc1.I. The molecule has 156 valence electrons. The molecule has 0 spiro atoms. The van der Waals surface area contributed by atoms with Crippen molar-refractivity contribution in [2.75, 3.05) is 53.6 Å². The second kappa shape index (κ2) is 15.0. The van der Waals surface area contributed by atoms with Crippen LogP contribution in [0.3, 0.4) is 0 Å². The van der Waals surface area contributed by atoms with E-state index in [1.54, 1.807) is 38.4 Å². The third-order valence-electron chi connectivity index (χ3n) is 3.45.